The van der Waals surface area contributed by atoms with Gasteiger partial charge in [0.1, 0.15) is 0 Å². The van der Waals surface area contributed by atoms with Crippen molar-refractivity contribution in [2.45, 2.75) is 6.42 Å². The standard InChI is InChI=1S/C17H18N2O2/c1-20-16-7-6-13(11-17(16)21-2)8-9-19-15-5-3-4-14(10-15)12-18/h3-7,10-11,19H,8-9H2,1-2H3. The second-order valence-corrected chi connectivity index (χ2v) is 4.56. The molecule has 0 aliphatic carbocycles. The number of benzene rings is 2. The van der Waals surface area contributed by atoms with Crippen molar-refractivity contribution >= 4 is 5.69 Å². The summed E-state index contributed by atoms with van der Waals surface area (Å²) in [5, 5.41) is 12.2. The molecule has 0 saturated heterocycles. The van der Waals surface area contributed by atoms with Gasteiger partial charge in [-0.15, -0.1) is 0 Å². The Morgan fingerprint density at radius 3 is 2.57 bits per heavy atom. The van der Waals surface area contributed by atoms with Crippen LogP contribution in [0.4, 0.5) is 5.69 Å². The van der Waals surface area contributed by atoms with Crippen molar-refractivity contribution in [1.29, 1.82) is 5.26 Å². The predicted molar refractivity (Wildman–Crippen MR) is 82.9 cm³/mol. The van der Waals surface area contributed by atoms with E-state index in [0.29, 0.717) is 5.56 Å². The van der Waals surface area contributed by atoms with Gasteiger partial charge in [0, 0.05) is 12.2 Å². The maximum absolute atomic E-state index is 8.87. The van der Waals surface area contributed by atoms with E-state index in [9.17, 15) is 0 Å². The van der Waals surface area contributed by atoms with Crippen molar-refractivity contribution in [1.82, 2.24) is 0 Å². The molecule has 0 aromatic heterocycles. The van der Waals surface area contributed by atoms with Crippen molar-refractivity contribution in [3.05, 3.63) is 53.6 Å². The van der Waals surface area contributed by atoms with Gasteiger partial charge >= 0.3 is 0 Å². The molecule has 0 fully saturated rings. The monoisotopic (exact) mass is 282 g/mol. The fourth-order valence-corrected chi connectivity index (χ4v) is 2.09. The first-order valence-corrected chi connectivity index (χ1v) is 6.71. The summed E-state index contributed by atoms with van der Waals surface area (Å²) in [5.41, 5.74) is 2.78. The number of hydrogen-bond acceptors (Lipinski definition) is 4. The summed E-state index contributed by atoms with van der Waals surface area (Å²) in [6.07, 6.45) is 0.858. The van der Waals surface area contributed by atoms with Crippen molar-refractivity contribution in [2.24, 2.45) is 0 Å². The zero-order valence-corrected chi connectivity index (χ0v) is 12.2. The van der Waals surface area contributed by atoms with Crippen molar-refractivity contribution < 1.29 is 9.47 Å². The fourth-order valence-electron chi connectivity index (χ4n) is 2.09. The molecule has 0 atom stereocenters. The lowest BCUT2D eigenvalue weighted by Gasteiger charge is -2.10. The number of hydrogen-bond donors (Lipinski definition) is 1. The molecular weight excluding hydrogens is 264 g/mol. The Morgan fingerprint density at radius 2 is 1.86 bits per heavy atom. The summed E-state index contributed by atoms with van der Waals surface area (Å²) in [6.45, 7) is 0.782. The van der Waals surface area contributed by atoms with E-state index >= 15 is 0 Å². The van der Waals surface area contributed by atoms with Crippen LogP contribution >= 0.6 is 0 Å². The molecule has 0 spiro atoms. The van der Waals surface area contributed by atoms with Gasteiger partial charge in [-0.05, 0) is 42.3 Å². The van der Waals surface area contributed by atoms with E-state index in [4.69, 9.17) is 14.7 Å². The average molecular weight is 282 g/mol. The molecule has 0 heterocycles. The molecular formula is C17H18N2O2. The second-order valence-electron chi connectivity index (χ2n) is 4.56. The van der Waals surface area contributed by atoms with Gasteiger partial charge in [0.2, 0.25) is 0 Å². The minimum absolute atomic E-state index is 0.658. The van der Waals surface area contributed by atoms with E-state index in [1.165, 1.54) is 0 Å². The normalized spacial score (nSPS) is 9.76. The van der Waals surface area contributed by atoms with Gasteiger partial charge < -0.3 is 14.8 Å². The minimum Gasteiger partial charge on any atom is -0.493 e. The van der Waals surface area contributed by atoms with Crippen LogP contribution in [0.3, 0.4) is 0 Å². The molecule has 4 nitrogen and oxygen atoms in total. The highest BCUT2D eigenvalue weighted by molar-refractivity contribution is 5.49. The fraction of sp³-hybridized carbons (Fsp3) is 0.235. The summed E-state index contributed by atoms with van der Waals surface area (Å²) >= 11 is 0. The van der Waals surface area contributed by atoms with Crippen molar-refractivity contribution in [2.75, 3.05) is 26.1 Å². The molecule has 0 unspecified atom stereocenters. The van der Waals surface area contributed by atoms with E-state index < -0.39 is 0 Å². The summed E-state index contributed by atoms with van der Waals surface area (Å²) in [6, 6.07) is 15.5. The van der Waals surface area contributed by atoms with E-state index in [-0.39, 0.29) is 0 Å². The van der Waals surface area contributed by atoms with Crippen LogP contribution in [0, 0.1) is 11.3 Å². The third-order valence-electron chi connectivity index (χ3n) is 3.18. The molecule has 108 valence electrons. The Bertz CT molecular complexity index is 647. The average Bonchev–Trinajstić information content (AvgIpc) is 2.55. The van der Waals surface area contributed by atoms with E-state index in [1.54, 1.807) is 20.3 Å². The van der Waals surface area contributed by atoms with E-state index in [0.717, 1.165) is 35.7 Å². The molecule has 0 saturated carbocycles. The van der Waals surface area contributed by atoms with Crippen LogP contribution in [0.25, 0.3) is 0 Å². The second kappa shape index (κ2) is 7.20. The summed E-state index contributed by atoms with van der Waals surface area (Å²) < 4.78 is 10.5. The van der Waals surface area contributed by atoms with Gasteiger partial charge in [0.05, 0.1) is 25.9 Å². The lowest BCUT2D eigenvalue weighted by molar-refractivity contribution is 0.354. The van der Waals surface area contributed by atoms with Crippen LogP contribution in [-0.4, -0.2) is 20.8 Å². The first-order chi connectivity index (χ1) is 10.3. The summed E-state index contributed by atoms with van der Waals surface area (Å²) in [7, 11) is 3.26. The van der Waals surface area contributed by atoms with Crippen LogP contribution in [0.2, 0.25) is 0 Å². The number of rotatable bonds is 6. The Kier molecular flexibility index (Phi) is 5.05. The number of nitriles is 1. The van der Waals surface area contributed by atoms with Crippen LogP contribution in [0.1, 0.15) is 11.1 Å². The van der Waals surface area contributed by atoms with Gasteiger partial charge in [-0.2, -0.15) is 5.26 Å². The van der Waals surface area contributed by atoms with Gasteiger partial charge in [-0.3, -0.25) is 0 Å². The van der Waals surface area contributed by atoms with Crippen LogP contribution in [0.5, 0.6) is 11.5 Å². The molecule has 2 aromatic rings. The Hall–Kier alpha value is -2.67. The molecule has 0 aliphatic rings. The predicted octanol–water partition coefficient (Wildman–Crippen LogP) is 3.23. The van der Waals surface area contributed by atoms with Gasteiger partial charge in [0.15, 0.2) is 11.5 Å². The highest BCUT2D eigenvalue weighted by Gasteiger charge is 2.04. The van der Waals surface area contributed by atoms with Gasteiger partial charge in [0.25, 0.3) is 0 Å². The lowest BCUT2D eigenvalue weighted by Crippen LogP contribution is -2.05. The largest absolute Gasteiger partial charge is 0.493 e. The molecule has 2 aromatic carbocycles. The topological polar surface area (TPSA) is 54.3 Å². The first-order valence-electron chi connectivity index (χ1n) is 6.71. The van der Waals surface area contributed by atoms with Crippen molar-refractivity contribution in [3.63, 3.8) is 0 Å². The molecule has 1 N–H and O–H groups in total. The molecule has 4 heteroatoms. The maximum atomic E-state index is 8.87. The SMILES string of the molecule is COc1ccc(CCNc2cccc(C#N)c2)cc1OC. The highest BCUT2D eigenvalue weighted by atomic mass is 16.5. The first kappa shape index (κ1) is 14.7. The molecule has 0 amide bonds. The van der Waals surface area contributed by atoms with E-state index in [1.807, 2.05) is 36.4 Å². The van der Waals surface area contributed by atoms with Gasteiger partial charge in [-0.25, -0.2) is 0 Å². The smallest absolute Gasteiger partial charge is 0.160 e. The summed E-state index contributed by atoms with van der Waals surface area (Å²) in [4.78, 5) is 0. The highest BCUT2D eigenvalue weighted by Crippen LogP contribution is 2.27. The molecule has 0 aliphatic heterocycles. The Balaban J connectivity index is 1.95. The zero-order chi connectivity index (χ0) is 15.1. The van der Waals surface area contributed by atoms with Crippen LogP contribution < -0.4 is 14.8 Å². The third-order valence-corrected chi connectivity index (χ3v) is 3.18. The minimum atomic E-state index is 0.658. The number of nitrogens with one attached hydrogen (secondary N) is 1. The Morgan fingerprint density at radius 1 is 1.05 bits per heavy atom. The third kappa shape index (κ3) is 3.90. The van der Waals surface area contributed by atoms with E-state index in [2.05, 4.69) is 11.4 Å². The van der Waals surface area contributed by atoms with Crippen LogP contribution in [-0.2, 0) is 6.42 Å². The van der Waals surface area contributed by atoms with Gasteiger partial charge in [-0.1, -0.05) is 12.1 Å². The number of anilines is 1. The molecule has 2 rings (SSSR count). The number of ether oxygens (including phenoxy) is 2. The zero-order valence-electron chi connectivity index (χ0n) is 12.2. The number of nitrogens with zero attached hydrogens (tertiary/aromatic N) is 1. The lowest BCUT2D eigenvalue weighted by atomic mass is 10.1. The molecule has 21 heavy (non-hydrogen) atoms. The van der Waals surface area contributed by atoms with Crippen LogP contribution in [0.15, 0.2) is 42.5 Å². The quantitative estimate of drug-likeness (QED) is 0.883. The number of methoxy groups -OCH3 is 2. The maximum Gasteiger partial charge on any atom is 0.160 e. The molecule has 0 radical (unpaired) electrons. The molecule has 0 bridgehead atoms. The summed E-state index contributed by atoms with van der Waals surface area (Å²) in [5.74, 6) is 1.47. The Labute approximate surface area is 124 Å². The van der Waals surface area contributed by atoms with Crippen molar-refractivity contribution in [3.8, 4) is 17.6 Å².